The van der Waals surface area contributed by atoms with Crippen molar-refractivity contribution in [1.82, 2.24) is 9.55 Å². The largest absolute Gasteiger partial charge is 0.350 e. The van der Waals surface area contributed by atoms with Gasteiger partial charge < -0.3 is 9.47 Å². The van der Waals surface area contributed by atoms with E-state index in [2.05, 4.69) is 84.8 Å². The van der Waals surface area contributed by atoms with Crippen LogP contribution in [0.2, 0.25) is 0 Å². The van der Waals surface area contributed by atoms with Crippen molar-refractivity contribution in [2.24, 2.45) is 0 Å². The number of aromatic nitrogens is 2. The van der Waals surface area contributed by atoms with Gasteiger partial charge in [-0.2, -0.15) is 0 Å². The predicted molar refractivity (Wildman–Crippen MR) is 128 cm³/mol. The van der Waals surface area contributed by atoms with Crippen LogP contribution >= 0.6 is 12.4 Å². The molecule has 30 heavy (non-hydrogen) atoms. The Morgan fingerprint density at radius 1 is 0.933 bits per heavy atom. The molecule has 0 aliphatic carbocycles. The average molecular weight is 418 g/mol. The van der Waals surface area contributed by atoms with Gasteiger partial charge in [-0.3, -0.25) is 0 Å². The summed E-state index contributed by atoms with van der Waals surface area (Å²) in [5.74, 6) is 1.11. The number of benzene rings is 2. The first-order valence-corrected chi connectivity index (χ1v) is 10.4. The number of hydrogen-bond acceptors (Lipinski definition) is 2. The van der Waals surface area contributed by atoms with E-state index in [0.29, 0.717) is 0 Å². The minimum absolute atomic E-state index is 0. The van der Waals surface area contributed by atoms with E-state index in [9.17, 15) is 0 Å². The lowest BCUT2D eigenvalue weighted by molar-refractivity contribution is 0.717. The summed E-state index contributed by atoms with van der Waals surface area (Å²) < 4.78 is 2.46. The Morgan fingerprint density at radius 3 is 2.53 bits per heavy atom. The molecule has 0 saturated carbocycles. The molecule has 4 heteroatoms. The number of halogens is 1. The highest BCUT2D eigenvalue weighted by molar-refractivity contribution is 5.93. The minimum Gasteiger partial charge on any atom is -0.350 e. The number of anilines is 1. The molecule has 154 valence electrons. The summed E-state index contributed by atoms with van der Waals surface area (Å²) in [5, 5.41) is 1.32. The summed E-state index contributed by atoms with van der Waals surface area (Å²) in [7, 11) is 0. The second kappa shape index (κ2) is 8.16. The summed E-state index contributed by atoms with van der Waals surface area (Å²) in [6.07, 6.45) is 3.05. The van der Waals surface area contributed by atoms with Crippen LogP contribution in [0.1, 0.15) is 33.5 Å². The zero-order chi connectivity index (χ0) is 20.0. The van der Waals surface area contributed by atoms with Crippen LogP contribution in [0.25, 0.3) is 10.9 Å². The van der Waals surface area contributed by atoms with E-state index in [1.54, 1.807) is 0 Å². The highest BCUT2D eigenvalue weighted by Gasteiger charge is 2.22. The minimum atomic E-state index is 0. The molecule has 3 nitrogen and oxygen atoms in total. The summed E-state index contributed by atoms with van der Waals surface area (Å²) in [5.41, 5.74) is 9.48. The molecule has 0 bridgehead atoms. The molecule has 0 spiro atoms. The Bertz CT molecular complexity index is 1210. The van der Waals surface area contributed by atoms with Gasteiger partial charge in [0.15, 0.2) is 5.82 Å². The number of aryl methyl sites for hydroxylation is 2. The summed E-state index contributed by atoms with van der Waals surface area (Å²) >= 11 is 0. The van der Waals surface area contributed by atoms with Crippen LogP contribution in [0.5, 0.6) is 0 Å². The number of rotatable bonds is 3. The van der Waals surface area contributed by atoms with E-state index < -0.39 is 0 Å². The van der Waals surface area contributed by atoms with Gasteiger partial charge in [0.2, 0.25) is 0 Å². The van der Waals surface area contributed by atoms with Crippen LogP contribution in [0.15, 0.2) is 60.8 Å². The van der Waals surface area contributed by atoms with Crippen LogP contribution in [-0.2, 0) is 19.5 Å². The van der Waals surface area contributed by atoms with Gasteiger partial charge in [0, 0.05) is 36.9 Å². The van der Waals surface area contributed by atoms with Crippen molar-refractivity contribution in [2.45, 2.75) is 40.3 Å². The third kappa shape index (κ3) is 3.48. The van der Waals surface area contributed by atoms with E-state index in [0.717, 1.165) is 31.9 Å². The standard InChI is InChI=1S/C26H27N3.ClH/c1-18-7-6-8-21(15-18)16-29-20(3)19(2)24-11-13-27-26(25(24)29)28-14-12-22-9-4-5-10-23(22)17-28;/h4-11,13,15H,12,14,16-17H2,1-3H3;1H. The van der Waals surface area contributed by atoms with E-state index in [1.807, 2.05) is 6.20 Å². The number of hydrogen-bond donors (Lipinski definition) is 0. The summed E-state index contributed by atoms with van der Waals surface area (Å²) in [4.78, 5) is 7.34. The van der Waals surface area contributed by atoms with Gasteiger partial charge in [-0.25, -0.2) is 4.98 Å². The Balaban J connectivity index is 0.00000218. The first-order valence-electron chi connectivity index (χ1n) is 10.4. The fraction of sp³-hybridized carbons (Fsp3) is 0.269. The lowest BCUT2D eigenvalue weighted by Crippen LogP contribution is -2.31. The number of fused-ring (bicyclic) bond motifs is 2. The molecule has 0 saturated heterocycles. The van der Waals surface area contributed by atoms with Crippen LogP contribution in [-0.4, -0.2) is 16.1 Å². The molecule has 2 aromatic carbocycles. The molecule has 0 radical (unpaired) electrons. The van der Waals surface area contributed by atoms with E-state index >= 15 is 0 Å². The van der Waals surface area contributed by atoms with Gasteiger partial charge in [0.25, 0.3) is 0 Å². The Hall–Kier alpha value is -2.78. The maximum Gasteiger partial charge on any atom is 0.153 e. The van der Waals surface area contributed by atoms with Gasteiger partial charge in [-0.15, -0.1) is 12.4 Å². The summed E-state index contributed by atoms with van der Waals surface area (Å²) in [6.45, 7) is 9.45. The molecule has 3 heterocycles. The second-order valence-corrected chi connectivity index (χ2v) is 8.26. The zero-order valence-electron chi connectivity index (χ0n) is 17.9. The fourth-order valence-electron chi connectivity index (χ4n) is 4.68. The van der Waals surface area contributed by atoms with Crippen molar-refractivity contribution in [3.63, 3.8) is 0 Å². The molecule has 5 rings (SSSR count). The van der Waals surface area contributed by atoms with Crippen molar-refractivity contribution >= 4 is 29.1 Å². The third-order valence-electron chi connectivity index (χ3n) is 6.38. The molecule has 2 aromatic heterocycles. The number of pyridine rings is 1. The first kappa shape index (κ1) is 20.5. The molecule has 1 aliphatic heterocycles. The van der Waals surface area contributed by atoms with E-state index in [4.69, 9.17) is 4.98 Å². The lowest BCUT2D eigenvalue weighted by atomic mass is 10.00. The van der Waals surface area contributed by atoms with Crippen molar-refractivity contribution in [3.8, 4) is 0 Å². The highest BCUT2D eigenvalue weighted by atomic mass is 35.5. The molecule has 0 atom stereocenters. The quantitative estimate of drug-likeness (QED) is 0.408. The lowest BCUT2D eigenvalue weighted by Gasteiger charge is -2.30. The van der Waals surface area contributed by atoms with E-state index in [1.165, 1.54) is 44.4 Å². The highest BCUT2D eigenvalue weighted by Crippen LogP contribution is 2.34. The van der Waals surface area contributed by atoms with Gasteiger partial charge >= 0.3 is 0 Å². The summed E-state index contributed by atoms with van der Waals surface area (Å²) in [6, 6.07) is 19.8. The van der Waals surface area contributed by atoms with Gasteiger partial charge in [-0.1, -0.05) is 54.1 Å². The van der Waals surface area contributed by atoms with E-state index in [-0.39, 0.29) is 12.4 Å². The Morgan fingerprint density at radius 2 is 1.73 bits per heavy atom. The molecular formula is C26H28ClN3. The maximum atomic E-state index is 4.88. The molecule has 0 N–H and O–H groups in total. The first-order chi connectivity index (χ1) is 14.1. The van der Waals surface area contributed by atoms with Crippen LogP contribution in [0.3, 0.4) is 0 Å². The van der Waals surface area contributed by atoms with Crippen LogP contribution in [0, 0.1) is 20.8 Å². The van der Waals surface area contributed by atoms with Crippen LogP contribution < -0.4 is 4.90 Å². The van der Waals surface area contributed by atoms with Crippen molar-refractivity contribution in [1.29, 1.82) is 0 Å². The van der Waals surface area contributed by atoms with Crippen molar-refractivity contribution in [2.75, 3.05) is 11.4 Å². The maximum absolute atomic E-state index is 4.88. The Labute approximate surface area is 184 Å². The fourth-order valence-corrected chi connectivity index (χ4v) is 4.68. The Kier molecular flexibility index (Phi) is 5.57. The molecular weight excluding hydrogens is 390 g/mol. The molecule has 1 aliphatic rings. The third-order valence-corrected chi connectivity index (χ3v) is 6.38. The monoisotopic (exact) mass is 417 g/mol. The average Bonchev–Trinajstić information content (AvgIpc) is 2.98. The van der Waals surface area contributed by atoms with Gasteiger partial charge in [0.05, 0.1) is 5.52 Å². The molecule has 4 aromatic rings. The zero-order valence-corrected chi connectivity index (χ0v) is 18.7. The van der Waals surface area contributed by atoms with Crippen molar-refractivity contribution < 1.29 is 0 Å². The normalized spacial score (nSPS) is 13.2. The van der Waals surface area contributed by atoms with Crippen molar-refractivity contribution in [3.05, 3.63) is 94.3 Å². The molecule has 0 amide bonds. The van der Waals surface area contributed by atoms with Gasteiger partial charge in [-0.05, 0) is 55.5 Å². The second-order valence-electron chi connectivity index (χ2n) is 8.26. The topological polar surface area (TPSA) is 21.1 Å². The smallest absolute Gasteiger partial charge is 0.153 e. The molecule has 0 unspecified atom stereocenters. The van der Waals surface area contributed by atoms with Crippen LogP contribution in [0.4, 0.5) is 5.82 Å². The number of nitrogens with zero attached hydrogens (tertiary/aromatic N) is 3. The SMILES string of the molecule is Cc1cccc(Cn2c(C)c(C)c3ccnc(N4CCc5ccccc5C4)c32)c1.Cl. The predicted octanol–water partition coefficient (Wildman–Crippen LogP) is 5.99. The molecule has 0 fully saturated rings. The van der Waals surface area contributed by atoms with Gasteiger partial charge in [0.1, 0.15) is 0 Å².